The molecule has 0 radical (unpaired) electrons. The molecule has 0 fully saturated rings. The fourth-order valence-corrected chi connectivity index (χ4v) is 2.25. The second-order valence-electron chi connectivity index (χ2n) is 5.17. The van der Waals surface area contributed by atoms with Gasteiger partial charge in [0, 0.05) is 0 Å². The predicted molar refractivity (Wildman–Crippen MR) is 84.2 cm³/mol. The van der Waals surface area contributed by atoms with Crippen LogP contribution in [0.15, 0.2) is 48.5 Å². The summed E-state index contributed by atoms with van der Waals surface area (Å²) in [7, 11) is 0. The molecule has 0 bridgehead atoms. The summed E-state index contributed by atoms with van der Waals surface area (Å²) < 4.78 is 6.92. The van der Waals surface area contributed by atoms with E-state index in [0.717, 1.165) is 16.8 Å². The molecule has 0 atom stereocenters. The molecule has 3 rings (SSSR count). The Bertz CT molecular complexity index is 828. The Morgan fingerprint density at radius 2 is 1.87 bits per heavy atom. The number of esters is 1. The zero-order valence-corrected chi connectivity index (χ0v) is 12.9. The van der Waals surface area contributed by atoms with Crippen LogP contribution in [0.3, 0.4) is 0 Å². The van der Waals surface area contributed by atoms with Gasteiger partial charge in [-0.05, 0) is 53.6 Å². The van der Waals surface area contributed by atoms with Crippen molar-refractivity contribution in [3.05, 3.63) is 71.0 Å². The number of aryl methyl sites for hydroxylation is 1. The Labute approximate surface area is 133 Å². The first-order chi connectivity index (χ1) is 11.2. The van der Waals surface area contributed by atoms with Gasteiger partial charge in [-0.1, -0.05) is 30.3 Å². The number of ether oxygens (including phenoxy) is 1. The van der Waals surface area contributed by atoms with Gasteiger partial charge in [-0.3, -0.25) is 0 Å². The van der Waals surface area contributed by atoms with E-state index in [2.05, 4.69) is 15.5 Å². The van der Waals surface area contributed by atoms with Crippen LogP contribution in [0.25, 0.3) is 5.69 Å². The van der Waals surface area contributed by atoms with Gasteiger partial charge < -0.3 is 4.74 Å². The van der Waals surface area contributed by atoms with E-state index in [9.17, 15) is 4.79 Å². The first kappa shape index (κ1) is 14.9. The number of rotatable bonds is 4. The molecule has 0 unspecified atom stereocenters. The SMILES string of the molecule is Cc1cccc(C(=O)OCc2nnnn2-c2ccccc2)c1C. The van der Waals surface area contributed by atoms with E-state index in [1.54, 1.807) is 10.7 Å². The average molecular weight is 308 g/mol. The fraction of sp³-hybridized carbons (Fsp3) is 0.176. The van der Waals surface area contributed by atoms with E-state index in [1.807, 2.05) is 56.3 Å². The molecule has 23 heavy (non-hydrogen) atoms. The van der Waals surface area contributed by atoms with E-state index in [4.69, 9.17) is 4.74 Å². The van der Waals surface area contributed by atoms with E-state index in [0.29, 0.717) is 11.4 Å². The van der Waals surface area contributed by atoms with Gasteiger partial charge in [0.25, 0.3) is 0 Å². The lowest BCUT2D eigenvalue weighted by atomic mass is 10.0. The first-order valence-electron chi connectivity index (χ1n) is 7.23. The Morgan fingerprint density at radius 3 is 2.65 bits per heavy atom. The summed E-state index contributed by atoms with van der Waals surface area (Å²) in [6.07, 6.45) is 0. The summed E-state index contributed by atoms with van der Waals surface area (Å²) in [5.74, 6) is 0.0867. The molecule has 0 aliphatic heterocycles. The predicted octanol–water partition coefficient (Wildman–Crippen LogP) is 2.64. The molecule has 0 aliphatic rings. The summed E-state index contributed by atoms with van der Waals surface area (Å²) in [6, 6.07) is 15.0. The maximum absolute atomic E-state index is 12.3. The Kier molecular flexibility index (Phi) is 4.14. The first-order valence-corrected chi connectivity index (χ1v) is 7.23. The second-order valence-corrected chi connectivity index (χ2v) is 5.17. The zero-order chi connectivity index (χ0) is 16.2. The van der Waals surface area contributed by atoms with E-state index < -0.39 is 0 Å². The second kappa shape index (κ2) is 6.39. The average Bonchev–Trinajstić information content (AvgIpc) is 3.04. The maximum atomic E-state index is 12.3. The number of hydrogen-bond donors (Lipinski definition) is 0. The molecule has 0 amide bonds. The van der Waals surface area contributed by atoms with Crippen molar-refractivity contribution in [2.24, 2.45) is 0 Å². The lowest BCUT2D eigenvalue weighted by molar-refractivity contribution is 0.0458. The van der Waals surface area contributed by atoms with Crippen LogP contribution in [0.1, 0.15) is 27.3 Å². The van der Waals surface area contributed by atoms with Gasteiger partial charge in [0.1, 0.15) is 0 Å². The Balaban J connectivity index is 1.76. The van der Waals surface area contributed by atoms with Crippen molar-refractivity contribution in [1.29, 1.82) is 0 Å². The molecular formula is C17H16N4O2. The molecule has 0 spiro atoms. The smallest absolute Gasteiger partial charge is 0.338 e. The zero-order valence-electron chi connectivity index (χ0n) is 12.9. The number of nitrogens with zero attached hydrogens (tertiary/aromatic N) is 4. The Hall–Kier alpha value is -3.02. The van der Waals surface area contributed by atoms with Crippen LogP contribution in [0, 0.1) is 13.8 Å². The van der Waals surface area contributed by atoms with Crippen molar-refractivity contribution in [3.8, 4) is 5.69 Å². The van der Waals surface area contributed by atoms with Gasteiger partial charge >= 0.3 is 5.97 Å². The minimum atomic E-state index is -0.381. The summed E-state index contributed by atoms with van der Waals surface area (Å²) >= 11 is 0. The molecule has 2 aromatic carbocycles. The minimum Gasteiger partial charge on any atom is -0.454 e. The molecule has 6 heteroatoms. The van der Waals surface area contributed by atoms with Crippen LogP contribution >= 0.6 is 0 Å². The summed E-state index contributed by atoms with van der Waals surface area (Å²) in [6.45, 7) is 3.87. The highest BCUT2D eigenvalue weighted by molar-refractivity contribution is 5.91. The highest BCUT2D eigenvalue weighted by Gasteiger charge is 2.14. The standard InChI is InChI=1S/C17H16N4O2/c1-12-7-6-10-15(13(12)2)17(22)23-11-16-18-19-20-21(16)14-8-4-3-5-9-14/h3-10H,11H2,1-2H3. The molecule has 0 saturated heterocycles. The van der Waals surface area contributed by atoms with Gasteiger partial charge in [0.15, 0.2) is 12.4 Å². The van der Waals surface area contributed by atoms with Crippen molar-refractivity contribution in [1.82, 2.24) is 20.2 Å². The molecule has 6 nitrogen and oxygen atoms in total. The van der Waals surface area contributed by atoms with Crippen LogP contribution in [0.4, 0.5) is 0 Å². The summed E-state index contributed by atoms with van der Waals surface area (Å²) in [5.41, 5.74) is 3.34. The molecule has 0 saturated carbocycles. The third-order valence-electron chi connectivity index (χ3n) is 3.69. The van der Waals surface area contributed by atoms with Gasteiger partial charge in [-0.2, -0.15) is 4.68 Å². The highest BCUT2D eigenvalue weighted by atomic mass is 16.5. The van der Waals surface area contributed by atoms with Crippen LogP contribution in [0.2, 0.25) is 0 Å². The maximum Gasteiger partial charge on any atom is 0.338 e. The number of carbonyl (C=O) groups is 1. The van der Waals surface area contributed by atoms with E-state index in [1.165, 1.54) is 0 Å². The third-order valence-corrected chi connectivity index (χ3v) is 3.69. The molecule has 0 N–H and O–H groups in total. The summed E-state index contributed by atoms with van der Waals surface area (Å²) in [5, 5.41) is 11.5. The van der Waals surface area contributed by atoms with Gasteiger partial charge in [-0.15, -0.1) is 5.10 Å². The highest BCUT2D eigenvalue weighted by Crippen LogP contribution is 2.15. The number of aromatic nitrogens is 4. The van der Waals surface area contributed by atoms with Gasteiger partial charge in [0.05, 0.1) is 11.3 Å². The van der Waals surface area contributed by atoms with Crippen LogP contribution in [0.5, 0.6) is 0 Å². The number of hydrogen-bond acceptors (Lipinski definition) is 5. The monoisotopic (exact) mass is 308 g/mol. The largest absolute Gasteiger partial charge is 0.454 e. The van der Waals surface area contributed by atoms with Crippen molar-refractivity contribution in [2.45, 2.75) is 20.5 Å². The number of para-hydroxylation sites is 1. The van der Waals surface area contributed by atoms with Crippen LogP contribution < -0.4 is 0 Å². The lowest BCUT2D eigenvalue weighted by Crippen LogP contribution is -2.11. The number of carbonyl (C=O) groups excluding carboxylic acids is 1. The van der Waals surface area contributed by atoms with Crippen molar-refractivity contribution in [2.75, 3.05) is 0 Å². The molecule has 1 heterocycles. The molecule has 3 aromatic rings. The van der Waals surface area contributed by atoms with Gasteiger partial charge in [0.2, 0.25) is 0 Å². The van der Waals surface area contributed by atoms with Crippen LogP contribution in [-0.4, -0.2) is 26.2 Å². The molecule has 0 aliphatic carbocycles. The topological polar surface area (TPSA) is 69.9 Å². The van der Waals surface area contributed by atoms with E-state index in [-0.39, 0.29) is 12.6 Å². The molecule has 116 valence electrons. The number of tetrazole rings is 1. The Morgan fingerprint density at radius 1 is 1.09 bits per heavy atom. The molecular weight excluding hydrogens is 292 g/mol. The summed E-state index contributed by atoms with van der Waals surface area (Å²) in [4.78, 5) is 12.3. The van der Waals surface area contributed by atoms with Crippen molar-refractivity contribution in [3.63, 3.8) is 0 Å². The van der Waals surface area contributed by atoms with Crippen molar-refractivity contribution >= 4 is 5.97 Å². The fourth-order valence-electron chi connectivity index (χ4n) is 2.25. The van der Waals surface area contributed by atoms with E-state index >= 15 is 0 Å². The number of benzene rings is 2. The van der Waals surface area contributed by atoms with Crippen molar-refractivity contribution < 1.29 is 9.53 Å². The normalized spacial score (nSPS) is 10.5. The lowest BCUT2D eigenvalue weighted by Gasteiger charge is -2.09. The quantitative estimate of drug-likeness (QED) is 0.693. The minimum absolute atomic E-state index is 0.00805. The third kappa shape index (κ3) is 3.11. The molecule has 1 aromatic heterocycles. The van der Waals surface area contributed by atoms with Gasteiger partial charge in [-0.25, -0.2) is 4.79 Å². The van der Waals surface area contributed by atoms with Crippen LogP contribution in [-0.2, 0) is 11.3 Å².